The Bertz CT molecular complexity index is 971. The number of ether oxygens (including phenoxy) is 3. The van der Waals surface area contributed by atoms with Crippen LogP contribution in [0.15, 0.2) is 12.1 Å². The molecule has 0 saturated carbocycles. The molecule has 0 radical (unpaired) electrons. The zero-order chi connectivity index (χ0) is 25.0. The molecule has 9 nitrogen and oxygen atoms in total. The van der Waals surface area contributed by atoms with Crippen LogP contribution in [0.2, 0.25) is 25.4 Å². The van der Waals surface area contributed by atoms with Gasteiger partial charge in [-0.2, -0.15) is 4.98 Å². The molecule has 0 unspecified atom stereocenters. The number of anilines is 1. The van der Waals surface area contributed by atoms with Crippen LogP contribution in [0.4, 0.5) is 5.69 Å². The average Bonchev–Trinajstić information content (AvgIpc) is 2.75. The molecule has 0 atom stereocenters. The van der Waals surface area contributed by atoms with Gasteiger partial charge in [-0.25, -0.2) is 9.78 Å². The molecule has 0 saturated heterocycles. The number of carboxylic acid groups (broad SMARTS) is 1. The van der Waals surface area contributed by atoms with Crippen molar-refractivity contribution in [2.24, 2.45) is 0 Å². The van der Waals surface area contributed by atoms with Crippen molar-refractivity contribution >= 4 is 75.6 Å². The van der Waals surface area contributed by atoms with E-state index in [0.717, 1.165) is 12.8 Å². The number of carbonyl (C=O) groups excluding carboxylic acids is 2. The van der Waals surface area contributed by atoms with Gasteiger partial charge >= 0.3 is 57.4 Å². The molecule has 2 heterocycles. The Morgan fingerprint density at radius 1 is 1.03 bits per heavy atom. The first kappa shape index (κ1) is 33.9. The molecule has 0 aromatic carbocycles. The summed E-state index contributed by atoms with van der Waals surface area (Å²) in [4.78, 5) is 29.0. The molecule has 0 aliphatic carbocycles. The van der Waals surface area contributed by atoms with Gasteiger partial charge in [0, 0.05) is 6.61 Å². The molecule has 0 bridgehead atoms. The van der Waals surface area contributed by atoms with E-state index in [1.165, 1.54) is 12.1 Å². The molecule has 0 amide bonds. The number of aromatic carboxylic acids is 1. The number of rotatable bonds is 10. The molecule has 15 heteroatoms. The van der Waals surface area contributed by atoms with Gasteiger partial charge in [-0.1, -0.05) is 71.3 Å². The van der Waals surface area contributed by atoms with E-state index in [0.29, 0.717) is 13.2 Å². The molecular formula is C19H19Cl5KN3O6. The van der Waals surface area contributed by atoms with Crippen LogP contribution in [0.25, 0.3) is 0 Å². The van der Waals surface area contributed by atoms with Crippen LogP contribution in [-0.2, 0) is 14.3 Å². The SMILES string of the molecule is CCCCOCCOC(=O)COc1nc(Cl)c(Cl)cc1Cl.Nc1cc(Cl)nc(C(=O)[O-])c1Cl.[K+]. The fraction of sp³-hybridized carbons (Fsp3) is 0.368. The maximum absolute atomic E-state index is 11.4. The van der Waals surface area contributed by atoms with Gasteiger partial charge in [0.2, 0.25) is 5.88 Å². The van der Waals surface area contributed by atoms with Gasteiger partial charge in [0.25, 0.3) is 0 Å². The summed E-state index contributed by atoms with van der Waals surface area (Å²) in [6, 6.07) is 2.65. The summed E-state index contributed by atoms with van der Waals surface area (Å²) in [5, 5.41) is 10.6. The Balaban J connectivity index is 0.000000713. The number of pyridine rings is 2. The second-order valence-corrected chi connectivity index (χ2v) is 7.94. The summed E-state index contributed by atoms with van der Waals surface area (Å²) in [7, 11) is 0. The number of hydrogen-bond donors (Lipinski definition) is 1. The van der Waals surface area contributed by atoms with Crippen LogP contribution >= 0.6 is 58.0 Å². The van der Waals surface area contributed by atoms with Crippen molar-refractivity contribution in [3.05, 3.63) is 43.2 Å². The minimum Gasteiger partial charge on any atom is -0.543 e. The topological polar surface area (TPSA) is 137 Å². The normalized spacial score (nSPS) is 9.94. The number of nitrogens with two attached hydrogens (primary N) is 1. The quantitative estimate of drug-likeness (QED) is 0.184. The fourth-order valence-electron chi connectivity index (χ4n) is 1.91. The minimum atomic E-state index is -1.51. The van der Waals surface area contributed by atoms with Gasteiger partial charge in [-0.15, -0.1) is 0 Å². The predicted molar refractivity (Wildman–Crippen MR) is 124 cm³/mol. The molecule has 2 aromatic rings. The molecule has 0 spiro atoms. The second-order valence-electron chi connectivity index (χ2n) is 6.01. The van der Waals surface area contributed by atoms with E-state index in [-0.39, 0.29) is 102 Å². The first-order chi connectivity index (χ1) is 15.6. The third-order valence-electron chi connectivity index (χ3n) is 3.46. The van der Waals surface area contributed by atoms with Crippen molar-refractivity contribution in [1.29, 1.82) is 0 Å². The maximum atomic E-state index is 11.4. The molecule has 2 aromatic heterocycles. The van der Waals surface area contributed by atoms with Gasteiger partial charge < -0.3 is 29.8 Å². The number of nitrogen functional groups attached to an aromatic ring is 1. The average molecular weight is 602 g/mol. The van der Waals surface area contributed by atoms with E-state index >= 15 is 0 Å². The number of unbranched alkanes of at least 4 members (excludes halogenated alkanes) is 1. The van der Waals surface area contributed by atoms with Crippen molar-refractivity contribution in [2.75, 3.05) is 32.2 Å². The predicted octanol–water partition coefficient (Wildman–Crippen LogP) is 1.12. The van der Waals surface area contributed by atoms with E-state index in [1.807, 2.05) is 0 Å². The van der Waals surface area contributed by atoms with Gasteiger partial charge in [0.1, 0.15) is 22.5 Å². The molecule has 2 N–H and O–H groups in total. The third-order valence-corrected chi connectivity index (χ3v) is 5.00. The molecule has 2 rings (SSSR count). The first-order valence-corrected chi connectivity index (χ1v) is 11.2. The van der Waals surface area contributed by atoms with Crippen molar-refractivity contribution in [1.82, 2.24) is 9.97 Å². The van der Waals surface area contributed by atoms with Gasteiger partial charge in [0.15, 0.2) is 11.8 Å². The monoisotopic (exact) mass is 599 g/mol. The molecule has 34 heavy (non-hydrogen) atoms. The summed E-state index contributed by atoms with van der Waals surface area (Å²) >= 11 is 28.2. The zero-order valence-corrected chi connectivity index (χ0v) is 25.1. The van der Waals surface area contributed by atoms with Crippen LogP contribution < -0.4 is 67.0 Å². The van der Waals surface area contributed by atoms with E-state index in [9.17, 15) is 14.7 Å². The van der Waals surface area contributed by atoms with E-state index in [1.54, 1.807) is 0 Å². The summed E-state index contributed by atoms with van der Waals surface area (Å²) in [5.74, 6) is -2.02. The maximum Gasteiger partial charge on any atom is 1.00 e. The van der Waals surface area contributed by atoms with E-state index < -0.39 is 17.6 Å². The van der Waals surface area contributed by atoms with Gasteiger partial charge in [0.05, 0.1) is 28.3 Å². The molecule has 0 fully saturated rings. The fourth-order valence-corrected chi connectivity index (χ4v) is 2.83. The number of carboxylic acids is 1. The summed E-state index contributed by atoms with van der Waals surface area (Å²) < 4.78 is 15.3. The van der Waals surface area contributed by atoms with Crippen LogP contribution in [0, 0.1) is 0 Å². The van der Waals surface area contributed by atoms with Gasteiger partial charge in [-0.3, -0.25) is 0 Å². The number of aromatic nitrogens is 2. The van der Waals surface area contributed by atoms with Crippen LogP contribution in [0.5, 0.6) is 5.88 Å². The number of nitrogens with zero attached hydrogens (tertiary/aromatic N) is 2. The molecule has 0 aliphatic heterocycles. The Morgan fingerprint density at radius 2 is 1.71 bits per heavy atom. The molecule has 0 aliphatic rings. The van der Waals surface area contributed by atoms with Crippen LogP contribution in [0.1, 0.15) is 30.3 Å². The van der Waals surface area contributed by atoms with Gasteiger partial charge in [-0.05, 0) is 18.6 Å². The second kappa shape index (κ2) is 18.2. The number of halogens is 5. The van der Waals surface area contributed by atoms with Crippen molar-refractivity contribution < 1.29 is 80.3 Å². The van der Waals surface area contributed by atoms with E-state index in [4.69, 9.17) is 77.9 Å². The van der Waals surface area contributed by atoms with Crippen LogP contribution in [-0.4, -0.2) is 48.3 Å². The summed E-state index contributed by atoms with van der Waals surface area (Å²) in [5.41, 5.74) is 4.93. The molecular weight excluding hydrogens is 583 g/mol. The standard InChI is InChI=1S/C13H16Cl3NO4.C6H4Cl2N2O2.K/c1-2-3-4-19-5-6-20-11(18)8-21-13-10(15)7-9(14)12(16)17-13;7-3-1-2(9)4(8)5(10-3)6(11)12;/h7H,2-6,8H2,1H3;1H,(H2,9,10)(H,11,12);/q;;+1/p-1. The number of hydrogen-bond acceptors (Lipinski definition) is 9. The van der Waals surface area contributed by atoms with Crippen molar-refractivity contribution in [3.63, 3.8) is 0 Å². The van der Waals surface area contributed by atoms with E-state index in [2.05, 4.69) is 16.9 Å². The van der Waals surface area contributed by atoms with Crippen LogP contribution in [0.3, 0.4) is 0 Å². The zero-order valence-electron chi connectivity index (χ0n) is 18.2. The first-order valence-electron chi connectivity index (χ1n) is 9.27. The van der Waals surface area contributed by atoms with Crippen molar-refractivity contribution in [3.8, 4) is 5.88 Å². The van der Waals surface area contributed by atoms with Crippen molar-refractivity contribution in [2.45, 2.75) is 19.8 Å². The summed E-state index contributed by atoms with van der Waals surface area (Å²) in [6.07, 6.45) is 2.05. The Hall–Kier alpha value is -0.114. The largest absolute Gasteiger partial charge is 1.00 e. The third kappa shape index (κ3) is 12.7. The number of carbonyl (C=O) groups is 2. The summed E-state index contributed by atoms with van der Waals surface area (Å²) in [6.45, 7) is 2.95. The number of esters is 1. The Labute approximate surface area is 263 Å². The minimum absolute atomic E-state index is 0. The smallest absolute Gasteiger partial charge is 0.543 e. The Kier molecular flexibility index (Phi) is 18.1. The Morgan fingerprint density at radius 3 is 2.32 bits per heavy atom. The molecule has 182 valence electrons.